The average molecular weight is 487 g/mol. The lowest BCUT2D eigenvalue weighted by Crippen LogP contribution is -2.26. The number of hydroxylamine groups is 1. The van der Waals surface area contributed by atoms with Gasteiger partial charge >= 0.3 is 0 Å². The molecule has 0 fully saturated rings. The van der Waals surface area contributed by atoms with Gasteiger partial charge in [0.25, 0.3) is 5.91 Å². The van der Waals surface area contributed by atoms with Gasteiger partial charge < -0.3 is 10.4 Å². The molecule has 0 saturated carbocycles. The molecule has 0 heterocycles. The largest absolute Gasteiger partial charge is 0.394 e. The van der Waals surface area contributed by atoms with Crippen LogP contribution in [-0.4, -0.2) is 24.2 Å². The standard InChI is InChI=1S/C15H11ClF3IN2O3/c16-9-6-8(15(24)22-25-4-3-23)14(13(19)12(9)18)21-11-2-1-7(20)5-10(11)17/h1-2,5-6,21,23H,3-4H2,(H,22,24). The van der Waals surface area contributed by atoms with Crippen molar-refractivity contribution in [3.63, 3.8) is 0 Å². The van der Waals surface area contributed by atoms with Gasteiger partial charge in [-0.05, 0) is 46.9 Å². The van der Waals surface area contributed by atoms with Crippen molar-refractivity contribution >= 4 is 51.5 Å². The number of halogens is 5. The van der Waals surface area contributed by atoms with Crippen LogP contribution in [0.4, 0.5) is 24.5 Å². The third kappa shape index (κ3) is 4.75. The molecule has 2 aromatic carbocycles. The Morgan fingerprint density at radius 1 is 1.24 bits per heavy atom. The van der Waals surface area contributed by atoms with E-state index in [1.54, 1.807) is 6.07 Å². The molecule has 0 aliphatic heterocycles. The maximum atomic E-state index is 14.3. The van der Waals surface area contributed by atoms with Crippen LogP contribution in [0.5, 0.6) is 0 Å². The van der Waals surface area contributed by atoms with E-state index in [0.29, 0.717) is 3.57 Å². The van der Waals surface area contributed by atoms with Crippen LogP contribution < -0.4 is 10.8 Å². The molecular formula is C15H11ClF3IN2O3. The maximum Gasteiger partial charge on any atom is 0.277 e. The highest BCUT2D eigenvalue weighted by atomic mass is 127. The number of anilines is 2. The van der Waals surface area contributed by atoms with Crippen molar-refractivity contribution in [2.75, 3.05) is 18.5 Å². The fraction of sp³-hybridized carbons (Fsp3) is 0.133. The van der Waals surface area contributed by atoms with Crippen LogP contribution in [0.1, 0.15) is 10.4 Å². The third-order valence-corrected chi connectivity index (χ3v) is 3.90. The van der Waals surface area contributed by atoms with Gasteiger partial charge in [0.1, 0.15) is 5.82 Å². The minimum Gasteiger partial charge on any atom is -0.394 e. The van der Waals surface area contributed by atoms with E-state index in [2.05, 4.69) is 10.2 Å². The zero-order valence-corrected chi connectivity index (χ0v) is 15.3. The van der Waals surface area contributed by atoms with Crippen molar-refractivity contribution in [2.24, 2.45) is 0 Å². The molecule has 2 aromatic rings. The van der Waals surface area contributed by atoms with Gasteiger partial charge in [-0.3, -0.25) is 9.63 Å². The van der Waals surface area contributed by atoms with Crippen molar-refractivity contribution in [1.82, 2.24) is 5.48 Å². The van der Waals surface area contributed by atoms with Crippen LogP contribution in [0, 0.1) is 21.0 Å². The fourth-order valence-electron chi connectivity index (χ4n) is 1.84. The number of carbonyl (C=O) groups excluding carboxylic acids is 1. The molecule has 1 amide bonds. The lowest BCUT2D eigenvalue weighted by atomic mass is 10.1. The van der Waals surface area contributed by atoms with Crippen molar-refractivity contribution in [3.05, 3.63) is 55.9 Å². The Morgan fingerprint density at radius 3 is 2.60 bits per heavy atom. The molecule has 134 valence electrons. The first-order chi connectivity index (χ1) is 11.8. The van der Waals surface area contributed by atoms with E-state index in [1.807, 2.05) is 28.1 Å². The van der Waals surface area contributed by atoms with E-state index < -0.39 is 39.6 Å². The summed E-state index contributed by atoms with van der Waals surface area (Å²) in [7, 11) is 0. The Bertz CT molecular complexity index is 808. The summed E-state index contributed by atoms with van der Waals surface area (Å²) in [5, 5.41) is 10.3. The van der Waals surface area contributed by atoms with Crippen molar-refractivity contribution in [2.45, 2.75) is 0 Å². The van der Waals surface area contributed by atoms with Gasteiger partial charge in [-0.25, -0.2) is 18.7 Å². The second kappa shape index (κ2) is 8.70. The topological polar surface area (TPSA) is 70.6 Å². The quantitative estimate of drug-likeness (QED) is 0.252. The van der Waals surface area contributed by atoms with Gasteiger partial charge in [0, 0.05) is 3.57 Å². The molecule has 0 saturated heterocycles. The van der Waals surface area contributed by atoms with E-state index in [1.165, 1.54) is 12.1 Å². The molecule has 0 unspecified atom stereocenters. The number of amides is 1. The highest BCUT2D eigenvalue weighted by molar-refractivity contribution is 14.1. The summed E-state index contributed by atoms with van der Waals surface area (Å²) < 4.78 is 42.6. The zero-order chi connectivity index (χ0) is 18.6. The lowest BCUT2D eigenvalue weighted by Gasteiger charge is -2.15. The van der Waals surface area contributed by atoms with Crippen molar-refractivity contribution < 1.29 is 27.9 Å². The fourth-order valence-corrected chi connectivity index (χ4v) is 2.48. The zero-order valence-electron chi connectivity index (χ0n) is 12.4. The van der Waals surface area contributed by atoms with E-state index >= 15 is 0 Å². The van der Waals surface area contributed by atoms with E-state index in [9.17, 15) is 18.0 Å². The number of carbonyl (C=O) groups is 1. The molecule has 0 aromatic heterocycles. The third-order valence-electron chi connectivity index (χ3n) is 2.96. The summed E-state index contributed by atoms with van der Waals surface area (Å²) in [6.45, 7) is -0.574. The Labute approximate surface area is 159 Å². The normalized spacial score (nSPS) is 10.6. The van der Waals surface area contributed by atoms with Crippen LogP contribution in [0.3, 0.4) is 0 Å². The number of hydrogen-bond acceptors (Lipinski definition) is 4. The van der Waals surface area contributed by atoms with Crippen LogP contribution in [-0.2, 0) is 4.84 Å². The summed E-state index contributed by atoms with van der Waals surface area (Å²) in [6.07, 6.45) is 0. The molecule has 0 radical (unpaired) electrons. The molecule has 25 heavy (non-hydrogen) atoms. The summed E-state index contributed by atoms with van der Waals surface area (Å²) in [6, 6.07) is 4.91. The van der Waals surface area contributed by atoms with Gasteiger partial charge in [0.05, 0.1) is 35.2 Å². The Kier molecular flexibility index (Phi) is 6.87. The molecule has 0 spiro atoms. The monoisotopic (exact) mass is 486 g/mol. The summed E-state index contributed by atoms with van der Waals surface area (Å²) in [5.41, 5.74) is 0.774. The minimum absolute atomic E-state index is 0.161. The van der Waals surface area contributed by atoms with Gasteiger partial charge in [0.15, 0.2) is 11.6 Å². The summed E-state index contributed by atoms with van der Waals surface area (Å²) >= 11 is 7.46. The van der Waals surface area contributed by atoms with Crippen LogP contribution in [0.15, 0.2) is 24.3 Å². The smallest absolute Gasteiger partial charge is 0.277 e. The second-order valence-corrected chi connectivity index (χ2v) is 6.31. The Balaban J connectivity index is 2.44. The predicted molar refractivity (Wildman–Crippen MR) is 94.3 cm³/mol. The second-order valence-electron chi connectivity index (χ2n) is 4.66. The predicted octanol–water partition coefficient (Wildman–Crippen LogP) is 3.76. The molecule has 3 N–H and O–H groups in total. The number of hydrogen-bond donors (Lipinski definition) is 3. The van der Waals surface area contributed by atoms with E-state index in [4.69, 9.17) is 16.7 Å². The Morgan fingerprint density at radius 2 is 1.96 bits per heavy atom. The number of rotatable bonds is 6. The first-order valence-electron chi connectivity index (χ1n) is 6.77. The molecule has 2 rings (SSSR count). The molecule has 10 heteroatoms. The number of benzene rings is 2. The summed E-state index contributed by atoms with van der Waals surface area (Å²) in [5.74, 6) is -4.51. The van der Waals surface area contributed by atoms with Crippen LogP contribution in [0.2, 0.25) is 5.02 Å². The minimum atomic E-state index is -1.45. The molecule has 0 aliphatic rings. The molecule has 0 bridgehead atoms. The summed E-state index contributed by atoms with van der Waals surface area (Å²) in [4.78, 5) is 16.7. The molecule has 5 nitrogen and oxygen atoms in total. The van der Waals surface area contributed by atoms with E-state index in [0.717, 1.165) is 6.07 Å². The molecule has 0 aliphatic carbocycles. The Hall–Kier alpha value is -1.56. The van der Waals surface area contributed by atoms with Gasteiger partial charge in [0.2, 0.25) is 0 Å². The average Bonchev–Trinajstić information content (AvgIpc) is 2.57. The number of nitrogens with one attached hydrogen (secondary N) is 2. The SMILES string of the molecule is O=C(NOCCO)c1cc(Cl)c(F)c(F)c1Nc1ccc(I)cc1F. The first-order valence-corrected chi connectivity index (χ1v) is 8.23. The number of aliphatic hydroxyl groups excluding tert-OH is 1. The van der Waals surface area contributed by atoms with Gasteiger partial charge in [-0.1, -0.05) is 11.6 Å². The van der Waals surface area contributed by atoms with E-state index in [-0.39, 0.29) is 18.9 Å². The van der Waals surface area contributed by atoms with Crippen LogP contribution in [0.25, 0.3) is 0 Å². The van der Waals surface area contributed by atoms with Crippen molar-refractivity contribution in [1.29, 1.82) is 0 Å². The maximum absolute atomic E-state index is 14.3. The van der Waals surface area contributed by atoms with Crippen LogP contribution >= 0.6 is 34.2 Å². The van der Waals surface area contributed by atoms with Gasteiger partial charge in [-0.15, -0.1) is 0 Å². The highest BCUT2D eigenvalue weighted by Crippen LogP contribution is 2.32. The highest BCUT2D eigenvalue weighted by Gasteiger charge is 2.23. The van der Waals surface area contributed by atoms with Gasteiger partial charge in [-0.2, -0.15) is 0 Å². The number of aliphatic hydroxyl groups is 1. The molecular weight excluding hydrogens is 476 g/mol. The van der Waals surface area contributed by atoms with Crippen molar-refractivity contribution in [3.8, 4) is 0 Å². The first kappa shape index (κ1) is 19.8. The molecule has 0 atom stereocenters. The lowest BCUT2D eigenvalue weighted by molar-refractivity contribution is 0.0168.